The maximum atomic E-state index is 8.97. The Bertz CT molecular complexity index is 403. The van der Waals surface area contributed by atoms with E-state index < -0.39 is 0 Å². The molecule has 0 aromatic carbocycles. The fourth-order valence-corrected chi connectivity index (χ4v) is 2.58. The van der Waals surface area contributed by atoms with Gasteiger partial charge in [-0.25, -0.2) is 4.98 Å². The van der Waals surface area contributed by atoms with Crippen LogP contribution in [0.4, 0.5) is 11.8 Å². The van der Waals surface area contributed by atoms with Gasteiger partial charge in [0.1, 0.15) is 5.82 Å². The number of halogens is 1. The largest absolute Gasteiger partial charge is 0.395 e. The first-order valence-corrected chi connectivity index (χ1v) is 6.86. The first-order valence-electron chi connectivity index (χ1n) is 6.07. The first-order chi connectivity index (χ1) is 8.70. The molecule has 1 aromatic rings. The van der Waals surface area contributed by atoms with Crippen molar-refractivity contribution in [2.24, 2.45) is 0 Å². The number of aliphatic hydroxyl groups is 1. The Labute approximate surface area is 115 Å². The van der Waals surface area contributed by atoms with Crippen molar-refractivity contribution >= 4 is 27.7 Å². The standard InChI is InChI=1S/C11H18BrN5O/c12-9-8-14-11(13)15-10(9)17-3-1-2-16(4-5-17)6-7-18/h8,18H,1-7H2,(H2,13,14,15). The third kappa shape index (κ3) is 3.30. The average Bonchev–Trinajstić information content (AvgIpc) is 2.58. The van der Waals surface area contributed by atoms with Gasteiger partial charge in [0.05, 0.1) is 11.1 Å². The summed E-state index contributed by atoms with van der Waals surface area (Å²) in [6, 6.07) is 0. The van der Waals surface area contributed by atoms with Crippen LogP contribution < -0.4 is 10.6 Å². The van der Waals surface area contributed by atoms with Crippen molar-refractivity contribution in [2.75, 3.05) is 50.0 Å². The van der Waals surface area contributed by atoms with Crippen LogP contribution in [0.15, 0.2) is 10.7 Å². The number of nitrogens with zero attached hydrogens (tertiary/aromatic N) is 4. The van der Waals surface area contributed by atoms with Gasteiger partial charge in [0, 0.05) is 32.4 Å². The van der Waals surface area contributed by atoms with E-state index in [2.05, 4.69) is 35.7 Å². The highest BCUT2D eigenvalue weighted by Gasteiger charge is 2.18. The number of β-amino-alcohol motifs (C(OH)–C–C–N with tert-alkyl or cyclic N) is 1. The predicted molar refractivity (Wildman–Crippen MR) is 74.5 cm³/mol. The topological polar surface area (TPSA) is 78.5 Å². The molecule has 1 aliphatic rings. The van der Waals surface area contributed by atoms with Crippen LogP contribution >= 0.6 is 15.9 Å². The van der Waals surface area contributed by atoms with Gasteiger partial charge in [-0.15, -0.1) is 0 Å². The fourth-order valence-electron chi connectivity index (χ4n) is 2.14. The molecule has 1 aliphatic heterocycles. The zero-order valence-corrected chi connectivity index (χ0v) is 11.8. The number of rotatable bonds is 3. The van der Waals surface area contributed by atoms with Crippen LogP contribution in [0.5, 0.6) is 0 Å². The Morgan fingerprint density at radius 1 is 1.33 bits per heavy atom. The summed E-state index contributed by atoms with van der Waals surface area (Å²) in [5, 5.41) is 8.97. The van der Waals surface area contributed by atoms with Gasteiger partial charge in [-0.05, 0) is 28.9 Å². The lowest BCUT2D eigenvalue weighted by Crippen LogP contribution is -2.33. The van der Waals surface area contributed by atoms with Crippen molar-refractivity contribution in [3.63, 3.8) is 0 Å². The first kappa shape index (κ1) is 13.5. The molecular formula is C11H18BrN5O. The minimum atomic E-state index is 0.212. The number of aromatic nitrogens is 2. The van der Waals surface area contributed by atoms with Crippen LogP contribution in [0.2, 0.25) is 0 Å². The highest BCUT2D eigenvalue weighted by molar-refractivity contribution is 9.10. The van der Waals surface area contributed by atoms with Gasteiger partial charge >= 0.3 is 0 Å². The minimum absolute atomic E-state index is 0.212. The molecule has 0 radical (unpaired) electrons. The molecule has 0 amide bonds. The van der Waals surface area contributed by atoms with Crippen LogP contribution in [0.1, 0.15) is 6.42 Å². The maximum absolute atomic E-state index is 8.97. The number of anilines is 2. The van der Waals surface area contributed by atoms with E-state index in [0.717, 1.165) is 49.4 Å². The monoisotopic (exact) mass is 315 g/mol. The average molecular weight is 316 g/mol. The van der Waals surface area contributed by atoms with Crippen LogP contribution in [-0.2, 0) is 0 Å². The Kier molecular flexibility index (Phi) is 4.73. The molecule has 0 aliphatic carbocycles. The fraction of sp³-hybridized carbons (Fsp3) is 0.636. The summed E-state index contributed by atoms with van der Waals surface area (Å²) in [4.78, 5) is 12.7. The van der Waals surface area contributed by atoms with Crippen molar-refractivity contribution in [1.29, 1.82) is 0 Å². The summed E-state index contributed by atoms with van der Waals surface area (Å²) < 4.78 is 0.868. The number of nitrogen functional groups attached to an aromatic ring is 1. The van der Waals surface area contributed by atoms with Gasteiger partial charge in [-0.3, -0.25) is 4.90 Å². The van der Waals surface area contributed by atoms with Crippen molar-refractivity contribution in [3.8, 4) is 0 Å². The van der Waals surface area contributed by atoms with E-state index in [-0.39, 0.29) is 6.61 Å². The van der Waals surface area contributed by atoms with E-state index in [9.17, 15) is 0 Å². The van der Waals surface area contributed by atoms with Crippen molar-refractivity contribution in [1.82, 2.24) is 14.9 Å². The Hall–Kier alpha value is -0.920. The summed E-state index contributed by atoms with van der Waals surface area (Å²) >= 11 is 3.46. The van der Waals surface area contributed by atoms with Crippen molar-refractivity contribution in [2.45, 2.75) is 6.42 Å². The molecule has 7 heteroatoms. The molecule has 6 nitrogen and oxygen atoms in total. The SMILES string of the molecule is Nc1ncc(Br)c(N2CCCN(CCO)CC2)n1. The lowest BCUT2D eigenvalue weighted by Gasteiger charge is -2.23. The van der Waals surface area contributed by atoms with E-state index >= 15 is 0 Å². The van der Waals surface area contributed by atoms with Crippen molar-refractivity contribution in [3.05, 3.63) is 10.7 Å². The second-order valence-electron chi connectivity index (χ2n) is 4.31. The lowest BCUT2D eigenvalue weighted by molar-refractivity contribution is 0.204. The smallest absolute Gasteiger partial charge is 0.222 e. The minimum Gasteiger partial charge on any atom is -0.395 e. The zero-order chi connectivity index (χ0) is 13.0. The third-order valence-corrected chi connectivity index (χ3v) is 3.61. The van der Waals surface area contributed by atoms with Crippen LogP contribution in [0, 0.1) is 0 Å². The maximum Gasteiger partial charge on any atom is 0.222 e. The van der Waals surface area contributed by atoms with E-state index in [1.54, 1.807) is 6.20 Å². The van der Waals surface area contributed by atoms with Gasteiger partial charge in [0.15, 0.2) is 0 Å². The molecular weight excluding hydrogens is 298 g/mol. The molecule has 1 fully saturated rings. The van der Waals surface area contributed by atoms with Crippen LogP contribution in [-0.4, -0.2) is 59.3 Å². The van der Waals surface area contributed by atoms with Crippen LogP contribution in [0.3, 0.4) is 0 Å². The Balaban J connectivity index is 2.07. The molecule has 0 atom stereocenters. The van der Waals surface area contributed by atoms with Crippen molar-refractivity contribution < 1.29 is 5.11 Å². The van der Waals surface area contributed by atoms with E-state index in [0.29, 0.717) is 5.95 Å². The summed E-state index contributed by atoms with van der Waals surface area (Å²) in [5.74, 6) is 1.15. The molecule has 3 N–H and O–H groups in total. The molecule has 1 saturated heterocycles. The molecule has 0 spiro atoms. The summed E-state index contributed by atoms with van der Waals surface area (Å²) in [5.41, 5.74) is 5.64. The molecule has 0 unspecified atom stereocenters. The van der Waals surface area contributed by atoms with Gasteiger partial charge in [0.2, 0.25) is 5.95 Å². The quantitative estimate of drug-likeness (QED) is 0.836. The summed E-state index contributed by atoms with van der Waals surface area (Å²) in [7, 11) is 0. The van der Waals surface area contributed by atoms with Crippen LogP contribution in [0.25, 0.3) is 0 Å². The molecule has 0 saturated carbocycles. The summed E-state index contributed by atoms with van der Waals surface area (Å²) in [6.07, 6.45) is 2.74. The third-order valence-electron chi connectivity index (χ3n) is 3.05. The number of hydrogen-bond acceptors (Lipinski definition) is 6. The zero-order valence-electron chi connectivity index (χ0n) is 10.2. The molecule has 0 bridgehead atoms. The van der Waals surface area contributed by atoms with E-state index in [1.165, 1.54) is 0 Å². The second-order valence-corrected chi connectivity index (χ2v) is 5.16. The molecule has 2 heterocycles. The lowest BCUT2D eigenvalue weighted by atomic mass is 10.4. The molecule has 1 aromatic heterocycles. The van der Waals surface area contributed by atoms with Gasteiger partial charge in [0.25, 0.3) is 0 Å². The number of nitrogens with two attached hydrogens (primary N) is 1. The highest BCUT2D eigenvalue weighted by atomic mass is 79.9. The predicted octanol–water partition coefficient (Wildman–Crippen LogP) is 0.326. The number of hydrogen-bond donors (Lipinski definition) is 2. The van der Waals surface area contributed by atoms with E-state index in [4.69, 9.17) is 10.8 Å². The molecule has 100 valence electrons. The Morgan fingerprint density at radius 2 is 2.17 bits per heavy atom. The Morgan fingerprint density at radius 3 is 2.94 bits per heavy atom. The van der Waals surface area contributed by atoms with Gasteiger partial charge in [-0.2, -0.15) is 4.98 Å². The molecule has 2 rings (SSSR count). The molecule has 18 heavy (non-hydrogen) atoms. The van der Waals surface area contributed by atoms with Gasteiger partial charge < -0.3 is 15.7 Å². The highest BCUT2D eigenvalue weighted by Crippen LogP contribution is 2.24. The normalized spacial score (nSPS) is 17.8. The van der Waals surface area contributed by atoms with Gasteiger partial charge in [-0.1, -0.05) is 0 Å². The second kappa shape index (κ2) is 6.31. The summed E-state index contributed by atoms with van der Waals surface area (Å²) in [6.45, 7) is 4.71. The number of aliphatic hydroxyl groups excluding tert-OH is 1. The van der Waals surface area contributed by atoms with E-state index in [1.807, 2.05) is 0 Å².